The van der Waals surface area contributed by atoms with Gasteiger partial charge in [-0.05, 0) is 37.3 Å². The largest absolute Gasteiger partial charge is 0.868 e. The molecule has 0 aliphatic carbocycles. The Balaban J connectivity index is 2.03. The number of likely N-dealkylation sites (N-methyl/N-ethyl adjacent to an activating group) is 1. The molecule has 8 heteroatoms. The molecular formula is C23H27N3O4S. The van der Waals surface area contributed by atoms with Crippen LogP contribution >= 0.6 is 11.3 Å². The maximum Gasteiger partial charge on any atom is 0.240 e. The van der Waals surface area contributed by atoms with E-state index < -0.39 is 23.5 Å². The van der Waals surface area contributed by atoms with E-state index in [-0.39, 0.29) is 5.57 Å². The summed E-state index contributed by atoms with van der Waals surface area (Å²) in [7, 11) is 3.95. The van der Waals surface area contributed by atoms with Crippen LogP contribution in [0.1, 0.15) is 32.0 Å². The van der Waals surface area contributed by atoms with Crippen molar-refractivity contribution < 1.29 is 24.3 Å². The van der Waals surface area contributed by atoms with Gasteiger partial charge >= 0.3 is 0 Å². The number of nitrogens with zero attached hydrogens (tertiary/aromatic N) is 2. The van der Waals surface area contributed by atoms with Crippen LogP contribution in [0.3, 0.4) is 0 Å². The van der Waals surface area contributed by atoms with E-state index in [4.69, 9.17) is 4.74 Å². The van der Waals surface area contributed by atoms with Crippen LogP contribution in [0.4, 0.5) is 0 Å². The molecule has 1 unspecified atom stereocenters. The number of hydrogen-bond donors (Lipinski definition) is 1. The van der Waals surface area contributed by atoms with E-state index in [2.05, 4.69) is 11.6 Å². The lowest BCUT2D eigenvalue weighted by atomic mass is 9.95. The van der Waals surface area contributed by atoms with Gasteiger partial charge < -0.3 is 19.6 Å². The highest BCUT2D eigenvalue weighted by Gasteiger charge is 2.40. The normalized spacial score (nSPS) is 16.4. The van der Waals surface area contributed by atoms with Gasteiger partial charge in [-0.15, -0.1) is 11.3 Å². The van der Waals surface area contributed by atoms with E-state index in [9.17, 15) is 14.7 Å². The van der Waals surface area contributed by atoms with Crippen molar-refractivity contribution in [3.05, 3.63) is 69.4 Å². The molecule has 164 valence electrons. The van der Waals surface area contributed by atoms with Gasteiger partial charge in [0.05, 0.1) is 48.8 Å². The first-order valence-electron chi connectivity index (χ1n) is 10.1. The average molecular weight is 442 g/mol. The number of aromatic nitrogens is 1. The van der Waals surface area contributed by atoms with Crippen molar-refractivity contribution in [3.8, 4) is 5.75 Å². The fraction of sp³-hybridized carbons (Fsp3) is 0.348. The van der Waals surface area contributed by atoms with Crippen LogP contribution in [0.2, 0.25) is 0 Å². The Morgan fingerprint density at radius 3 is 2.55 bits per heavy atom. The van der Waals surface area contributed by atoms with Crippen LogP contribution in [0.5, 0.6) is 5.75 Å². The third kappa shape index (κ3) is 4.70. The van der Waals surface area contributed by atoms with Gasteiger partial charge in [0.2, 0.25) is 11.7 Å². The average Bonchev–Trinajstić information content (AvgIpc) is 3.20. The van der Waals surface area contributed by atoms with Gasteiger partial charge in [-0.25, -0.2) is 4.98 Å². The van der Waals surface area contributed by atoms with Crippen LogP contribution in [0.15, 0.2) is 48.3 Å². The molecule has 0 radical (unpaired) electrons. The molecule has 1 atom stereocenters. The first kappa shape index (κ1) is 22.7. The summed E-state index contributed by atoms with van der Waals surface area (Å²) in [5.74, 6) is -1.15. The highest BCUT2D eigenvalue weighted by atomic mass is 32.1. The molecule has 0 spiro atoms. The molecule has 0 bridgehead atoms. The van der Waals surface area contributed by atoms with Crippen LogP contribution in [0.25, 0.3) is 0 Å². The fourth-order valence-corrected chi connectivity index (χ4v) is 4.43. The first-order valence-corrected chi connectivity index (χ1v) is 10.9. The standard InChI is InChI=1S/C23H27N3O4S/c1-6-13-30-17-9-7-16(8-10-17)19-18(20(27)22-14(2)24-15(3)31-22)21(28)23(29)26(19)12-11-25(4)5/h6-10,19,28H,1,11-13H2,2-5H3. The maximum absolute atomic E-state index is 13.4. The number of ketones is 1. The zero-order chi connectivity index (χ0) is 22.7. The number of benzene rings is 1. The number of carbonyl (C=O) groups excluding carboxylic acids is 2. The first-order chi connectivity index (χ1) is 14.7. The molecule has 2 aromatic rings. The Bertz CT molecular complexity index is 1020. The molecule has 7 nitrogen and oxygen atoms in total. The number of thiazole rings is 1. The van der Waals surface area contributed by atoms with E-state index in [1.807, 2.05) is 21.0 Å². The van der Waals surface area contributed by atoms with Crippen molar-refractivity contribution >= 4 is 23.0 Å². The van der Waals surface area contributed by atoms with Crippen molar-refractivity contribution in [2.45, 2.75) is 19.9 Å². The van der Waals surface area contributed by atoms with Crippen LogP contribution in [-0.2, 0) is 4.79 Å². The lowest BCUT2D eigenvalue weighted by Gasteiger charge is -2.28. The SMILES string of the molecule is C=CCOc1ccc(C2C(C(=O)c3sc(C)nc3C)=C([O-])C(=O)N2CC[NH+](C)C)cc1. The van der Waals surface area contributed by atoms with Gasteiger partial charge in [-0.3, -0.25) is 9.59 Å². The third-order valence-corrected chi connectivity index (χ3v) is 6.13. The zero-order valence-electron chi connectivity index (χ0n) is 18.2. The Hall–Kier alpha value is -2.97. The number of carbonyl (C=O) groups is 2. The number of hydrogen-bond acceptors (Lipinski definition) is 6. The molecule has 0 fully saturated rings. The Labute approximate surface area is 186 Å². The maximum atomic E-state index is 13.4. The molecule has 31 heavy (non-hydrogen) atoms. The molecule has 1 N–H and O–H groups in total. The molecule has 0 saturated heterocycles. The molecule has 1 amide bonds. The number of aryl methyl sites for hydroxylation is 2. The van der Waals surface area contributed by atoms with E-state index in [1.165, 1.54) is 16.2 Å². The number of rotatable bonds is 9. The summed E-state index contributed by atoms with van der Waals surface area (Å²) in [6.07, 6.45) is 1.65. The molecule has 3 rings (SSSR count). The lowest BCUT2D eigenvalue weighted by Crippen LogP contribution is -3.06. The summed E-state index contributed by atoms with van der Waals surface area (Å²) < 4.78 is 5.53. The summed E-state index contributed by atoms with van der Waals surface area (Å²) in [5.41, 5.74) is 1.26. The van der Waals surface area contributed by atoms with Gasteiger partial charge in [-0.1, -0.05) is 24.8 Å². The summed E-state index contributed by atoms with van der Waals surface area (Å²) in [4.78, 5) is 33.7. The van der Waals surface area contributed by atoms with E-state index in [1.54, 1.807) is 37.3 Å². The monoisotopic (exact) mass is 441 g/mol. The molecule has 2 heterocycles. The van der Waals surface area contributed by atoms with Crippen molar-refractivity contribution in [2.75, 3.05) is 33.8 Å². The van der Waals surface area contributed by atoms with Crippen molar-refractivity contribution in [1.82, 2.24) is 9.88 Å². The van der Waals surface area contributed by atoms with E-state index >= 15 is 0 Å². The number of Topliss-reactive ketones (excluding diaryl/α,β-unsaturated/α-hetero) is 1. The summed E-state index contributed by atoms with van der Waals surface area (Å²) >= 11 is 1.24. The predicted octanol–water partition coefficient (Wildman–Crippen LogP) is 0.850. The van der Waals surface area contributed by atoms with Crippen molar-refractivity contribution in [1.29, 1.82) is 0 Å². The number of quaternary nitrogens is 1. The van der Waals surface area contributed by atoms with Gasteiger partial charge in [0, 0.05) is 5.57 Å². The number of ether oxygens (including phenoxy) is 1. The second-order valence-electron chi connectivity index (χ2n) is 7.75. The van der Waals surface area contributed by atoms with E-state index in [0.29, 0.717) is 41.6 Å². The topological polar surface area (TPSA) is 87.0 Å². The molecule has 1 aliphatic rings. The minimum atomic E-state index is -0.735. The smallest absolute Gasteiger partial charge is 0.240 e. The quantitative estimate of drug-likeness (QED) is 0.461. The van der Waals surface area contributed by atoms with Gasteiger partial charge in [0.25, 0.3) is 0 Å². The Kier molecular flexibility index (Phi) is 6.92. The second kappa shape index (κ2) is 9.45. The summed E-state index contributed by atoms with van der Waals surface area (Å²) in [6, 6.07) is 6.39. The molecule has 1 aromatic heterocycles. The minimum Gasteiger partial charge on any atom is -0.868 e. The van der Waals surface area contributed by atoms with E-state index in [0.717, 1.165) is 9.91 Å². The fourth-order valence-electron chi connectivity index (χ4n) is 3.56. The minimum absolute atomic E-state index is 0.00901. The second-order valence-corrected chi connectivity index (χ2v) is 8.95. The summed E-state index contributed by atoms with van der Waals surface area (Å²) in [5, 5.41) is 13.7. The van der Waals surface area contributed by atoms with Crippen molar-refractivity contribution in [2.24, 2.45) is 0 Å². The molecule has 1 aliphatic heterocycles. The lowest BCUT2D eigenvalue weighted by molar-refractivity contribution is -0.857. The van der Waals surface area contributed by atoms with Gasteiger partial charge in [0.1, 0.15) is 12.4 Å². The van der Waals surface area contributed by atoms with Crippen LogP contribution in [0, 0.1) is 13.8 Å². The molecular weight excluding hydrogens is 414 g/mol. The Morgan fingerprint density at radius 2 is 2.00 bits per heavy atom. The zero-order valence-corrected chi connectivity index (χ0v) is 19.0. The van der Waals surface area contributed by atoms with Crippen LogP contribution < -0.4 is 14.7 Å². The van der Waals surface area contributed by atoms with Crippen molar-refractivity contribution in [3.63, 3.8) is 0 Å². The summed E-state index contributed by atoms with van der Waals surface area (Å²) in [6.45, 7) is 8.57. The Morgan fingerprint density at radius 1 is 1.32 bits per heavy atom. The number of amides is 1. The highest BCUT2D eigenvalue weighted by Crippen LogP contribution is 2.39. The van der Waals surface area contributed by atoms with Crippen LogP contribution in [-0.4, -0.2) is 55.4 Å². The van der Waals surface area contributed by atoms with Gasteiger partial charge in [0.15, 0.2) is 0 Å². The third-order valence-electron chi connectivity index (χ3n) is 5.06. The van der Waals surface area contributed by atoms with Gasteiger partial charge in [-0.2, -0.15) is 0 Å². The highest BCUT2D eigenvalue weighted by molar-refractivity contribution is 7.14. The molecule has 0 saturated carbocycles. The molecule has 1 aromatic carbocycles. The predicted molar refractivity (Wildman–Crippen MR) is 117 cm³/mol. The number of nitrogens with one attached hydrogen (secondary N) is 1.